The van der Waals surface area contributed by atoms with Crippen molar-refractivity contribution in [2.45, 2.75) is 51.6 Å². The Bertz CT molecular complexity index is 282. The van der Waals surface area contributed by atoms with Crippen LogP contribution in [0.2, 0.25) is 0 Å². The molecule has 0 unspecified atom stereocenters. The van der Waals surface area contributed by atoms with E-state index in [1.165, 1.54) is 19.3 Å². The molecule has 0 spiro atoms. The fraction of sp³-hybridized carbons (Fsp3) is 1.00. The van der Waals surface area contributed by atoms with Crippen LogP contribution in [0, 0.1) is 0 Å². The molecule has 0 aromatic heterocycles. The lowest BCUT2D eigenvalue weighted by Gasteiger charge is -2.38. The Morgan fingerprint density at radius 3 is 2.27 bits per heavy atom. The lowest BCUT2D eigenvalue weighted by atomic mass is 9.97. The average molecular weight is 254 g/mol. The molecular formula is C10H20ClNO2S. The standard InChI is InChI=1S/C10H20ClNO2S/c1-9-5-3-6-10(2)12(9)7-4-8-15(11,13)14/h9-10H,3-8H2,1-2H3/t9-,10-/m1/s1. The Labute approximate surface area is 97.2 Å². The highest BCUT2D eigenvalue weighted by molar-refractivity contribution is 8.13. The molecule has 0 amide bonds. The van der Waals surface area contributed by atoms with Gasteiger partial charge in [0.1, 0.15) is 0 Å². The second-order valence-electron chi connectivity index (χ2n) is 4.46. The van der Waals surface area contributed by atoms with Crippen molar-refractivity contribution < 1.29 is 8.42 Å². The molecule has 1 saturated heterocycles. The Balaban J connectivity index is 2.36. The van der Waals surface area contributed by atoms with Gasteiger partial charge in [0.2, 0.25) is 9.05 Å². The number of halogens is 1. The van der Waals surface area contributed by atoms with Gasteiger partial charge in [-0.3, -0.25) is 4.90 Å². The Hall–Kier alpha value is 0.200. The van der Waals surface area contributed by atoms with E-state index >= 15 is 0 Å². The number of nitrogens with zero attached hydrogens (tertiary/aromatic N) is 1. The monoisotopic (exact) mass is 253 g/mol. The molecule has 2 atom stereocenters. The predicted molar refractivity (Wildman–Crippen MR) is 63.7 cm³/mol. The summed E-state index contributed by atoms with van der Waals surface area (Å²) in [6, 6.07) is 1.15. The van der Waals surface area contributed by atoms with Crippen molar-refractivity contribution in [3.05, 3.63) is 0 Å². The summed E-state index contributed by atoms with van der Waals surface area (Å²) in [7, 11) is 1.86. The summed E-state index contributed by atoms with van der Waals surface area (Å²) in [6.07, 6.45) is 4.36. The van der Waals surface area contributed by atoms with Crippen LogP contribution in [0.15, 0.2) is 0 Å². The second kappa shape index (κ2) is 5.51. The van der Waals surface area contributed by atoms with Crippen LogP contribution in [-0.2, 0) is 9.05 Å². The van der Waals surface area contributed by atoms with Crippen LogP contribution >= 0.6 is 10.7 Å². The van der Waals surface area contributed by atoms with Crippen LogP contribution in [0.25, 0.3) is 0 Å². The number of likely N-dealkylation sites (tertiary alicyclic amines) is 1. The Kier molecular flexibility index (Phi) is 4.87. The van der Waals surface area contributed by atoms with Crippen molar-refractivity contribution in [3.63, 3.8) is 0 Å². The van der Waals surface area contributed by atoms with E-state index in [-0.39, 0.29) is 5.75 Å². The van der Waals surface area contributed by atoms with E-state index in [0.717, 1.165) is 6.54 Å². The lowest BCUT2D eigenvalue weighted by Crippen LogP contribution is -2.44. The highest BCUT2D eigenvalue weighted by Crippen LogP contribution is 2.22. The molecule has 0 radical (unpaired) electrons. The highest BCUT2D eigenvalue weighted by Gasteiger charge is 2.24. The number of hydrogen-bond donors (Lipinski definition) is 0. The van der Waals surface area contributed by atoms with Gasteiger partial charge in [0.15, 0.2) is 0 Å². The van der Waals surface area contributed by atoms with Gasteiger partial charge in [-0.2, -0.15) is 0 Å². The van der Waals surface area contributed by atoms with Crippen molar-refractivity contribution in [3.8, 4) is 0 Å². The lowest BCUT2D eigenvalue weighted by molar-refractivity contribution is 0.104. The molecule has 15 heavy (non-hydrogen) atoms. The van der Waals surface area contributed by atoms with E-state index in [2.05, 4.69) is 18.7 Å². The molecule has 1 heterocycles. The summed E-state index contributed by atoms with van der Waals surface area (Å²) in [5, 5.41) is 0. The van der Waals surface area contributed by atoms with Gasteiger partial charge < -0.3 is 0 Å². The summed E-state index contributed by atoms with van der Waals surface area (Å²) in [6.45, 7) is 5.27. The highest BCUT2D eigenvalue weighted by atomic mass is 35.7. The van der Waals surface area contributed by atoms with Crippen LogP contribution in [-0.4, -0.2) is 37.7 Å². The van der Waals surface area contributed by atoms with Crippen molar-refractivity contribution in [2.24, 2.45) is 0 Å². The van der Waals surface area contributed by atoms with Crippen molar-refractivity contribution in [1.29, 1.82) is 0 Å². The number of piperidine rings is 1. The average Bonchev–Trinajstić information content (AvgIpc) is 2.08. The second-order valence-corrected chi connectivity index (χ2v) is 7.36. The van der Waals surface area contributed by atoms with E-state index in [4.69, 9.17) is 10.7 Å². The van der Waals surface area contributed by atoms with E-state index in [9.17, 15) is 8.42 Å². The molecule has 90 valence electrons. The molecule has 1 fully saturated rings. The fourth-order valence-corrected chi connectivity index (χ4v) is 3.14. The smallest absolute Gasteiger partial charge is 0.232 e. The third-order valence-corrected chi connectivity index (χ3v) is 4.42. The summed E-state index contributed by atoms with van der Waals surface area (Å²) >= 11 is 0. The molecule has 0 N–H and O–H groups in total. The maximum absolute atomic E-state index is 10.8. The van der Waals surface area contributed by atoms with E-state index in [1.54, 1.807) is 0 Å². The van der Waals surface area contributed by atoms with Gasteiger partial charge >= 0.3 is 0 Å². The van der Waals surface area contributed by atoms with Crippen LogP contribution in [0.4, 0.5) is 0 Å². The zero-order chi connectivity index (χ0) is 11.5. The summed E-state index contributed by atoms with van der Waals surface area (Å²) in [4.78, 5) is 2.39. The van der Waals surface area contributed by atoms with Crippen molar-refractivity contribution >= 4 is 19.7 Å². The molecular weight excluding hydrogens is 234 g/mol. The molecule has 1 rings (SSSR count). The van der Waals surface area contributed by atoms with Gasteiger partial charge in [0, 0.05) is 22.8 Å². The molecule has 1 aliphatic rings. The summed E-state index contributed by atoms with van der Waals surface area (Å²) < 4.78 is 21.6. The van der Waals surface area contributed by atoms with Crippen LogP contribution < -0.4 is 0 Å². The maximum Gasteiger partial charge on any atom is 0.232 e. The van der Waals surface area contributed by atoms with Crippen LogP contribution in [0.5, 0.6) is 0 Å². The van der Waals surface area contributed by atoms with Gasteiger partial charge in [0.25, 0.3) is 0 Å². The number of hydrogen-bond acceptors (Lipinski definition) is 3. The van der Waals surface area contributed by atoms with Gasteiger partial charge in [0.05, 0.1) is 5.75 Å². The molecule has 0 aromatic rings. The zero-order valence-corrected chi connectivity index (χ0v) is 11.0. The Morgan fingerprint density at radius 2 is 1.80 bits per heavy atom. The van der Waals surface area contributed by atoms with Gasteiger partial charge in [-0.1, -0.05) is 6.42 Å². The SMILES string of the molecule is C[C@@H]1CCC[C@@H](C)N1CCCS(=O)(=O)Cl. The molecule has 3 nitrogen and oxygen atoms in total. The molecule has 1 aliphatic heterocycles. The van der Waals surface area contributed by atoms with E-state index in [1.807, 2.05) is 0 Å². The van der Waals surface area contributed by atoms with Gasteiger partial charge in [-0.05, 0) is 39.7 Å². The van der Waals surface area contributed by atoms with Gasteiger partial charge in [-0.15, -0.1) is 0 Å². The third-order valence-electron chi connectivity index (χ3n) is 3.18. The molecule has 0 bridgehead atoms. The first-order valence-corrected chi connectivity index (χ1v) is 8.06. The normalized spacial score (nSPS) is 29.3. The minimum atomic E-state index is -3.31. The predicted octanol–water partition coefficient (Wildman–Crippen LogP) is 2.21. The maximum atomic E-state index is 10.8. The molecule has 0 saturated carbocycles. The van der Waals surface area contributed by atoms with Crippen molar-refractivity contribution in [2.75, 3.05) is 12.3 Å². The van der Waals surface area contributed by atoms with Crippen LogP contribution in [0.1, 0.15) is 39.5 Å². The Morgan fingerprint density at radius 1 is 1.27 bits per heavy atom. The number of rotatable bonds is 4. The first kappa shape index (κ1) is 13.3. The zero-order valence-electron chi connectivity index (χ0n) is 9.45. The first-order valence-electron chi connectivity index (χ1n) is 5.58. The topological polar surface area (TPSA) is 37.4 Å². The minimum Gasteiger partial charge on any atom is -0.298 e. The van der Waals surface area contributed by atoms with Crippen molar-refractivity contribution in [1.82, 2.24) is 4.90 Å². The molecule has 0 aromatic carbocycles. The van der Waals surface area contributed by atoms with E-state index in [0.29, 0.717) is 18.5 Å². The minimum absolute atomic E-state index is 0.0878. The first-order chi connectivity index (χ1) is 6.90. The van der Waals surface area contributed by atoms with Crippen LogP contribution in [0.3, 0.4) is 0 Å². The molecule has 5 heteroatoms. The van der Waals surface area contributed by atoms with Gasteiger partial charge in [-0.25, -0.2) is 8.42 Å². The third kappa shape index (κ3) is 4.70. The molecule has 0 aliphatic carbocycles. The summed E-state index contributed by atoms with van der Waals surface area (Å²) in [5.41, 5.74) is 0. The summed E-state index contributed by atoms with van der Waals surface area (Å²) in [5.74, 6) is 0.0878. The quantitative estimate of drug-likeness (QED) is 0.721. The largest absolute Gasteiger partial charge is 0.298 e. The van der Waals surface area contributed by atoms with E-state index < -0.39 is 9.05 Å². The fourth-order valence-electron chi connectivity index (χ4n) is 2.34.